The summed E-state index contributed by atoms with van der Waals surface area (Å²) < 4.78 is 5.71. The summed E-state index contributed by atoms with van der Waals surface area (Å²) in [5, 5.41) is 6.38. The number of aromatic nitrogens is 1. The van der Waals surface area contributed by atoms with E-state index < -0.39 is 6.04 Å². The molecule has 2 N–H and O–H groups in total. The average molecular weight is 551 g/mol. The lowest BCUT2D eigenvalue weighted by molar-refractivity contribution is -0.123. The van der Waals surface area contributed by atoms with Crippen LogP contribution in [0.1, 0.15) is 97.2 Å². The minimum absolute atomic E-state index is 0.00245. The van der Waals surface area contributed by atoms with Gasteiger partial charge >= 0.3 is 0 Å². The van der Waals surface area contributed by atoms with Crippen molar-refractivity contribution in [3.05, 3.63) is 59.9 Å². The van der Waals surface area contributed by atoms with Crippen LogP contribution in [0.3, 0.4) is 0 Å². The minimum Gasteiger partial charge on any atom is -0.371 e. The topological polar surface area (TPSA) is 83.6 Å². The lowest BCUT2D eigenvalue weighted by atomic mass is 9.87. The van der Waals surface area contributed by atoms with Gasteiger partial charge in [-0.05, 0) is 69.2 Å². The molecule has 7 heteroatoms. The van der Waals surface area contributed by atoms with Crippen LogP contribution < -0.4 is 15.5 Å². The van der Waals surface area contributed by atoms with Crippen LogP contribution in [0.25, 0.3) is 0 Å². The maximum Gasteiger partial charge on any atom is 0.247 e. The van der Waals surface area contributed by atoms with Crippen molar-refractivity contribution in [3.63, 3.8) is 0 Å². The Morgan fingerprint density at radius 2 is 1.75 bits per heavy atom. The van der Waals surface area contributed by atoms with Crippen molar-refractivity contribution >= 4 is 17.9 Å². The van der Waals surface area contributed by atoms with Crippen LogP contribution in [-0.4, -0.2) is 54.6 Å². The summed E-state index contributed by atoms with van der Waals surface area (Å²) in [7, 11) is 1.99. The van der Waals surface area contributed by atoms with Crippen molar-refractivity contribution in [1.82, 2.24) is 15.6 Å². The van der Waals surface area contributed by atoms with Gasteiger partial charge in [-0.1, -0.05) is 58.2 Å². The minimum atomic E-state index is -0.392. The SMILES string of the molecule is CC(C)(C)OC1CNC(C=O)C1.CN(c1ccc(C(C)(C)C)cc1)C(C(=O)NC1CCCCC1)c1cccnc1. The van der Waals surface area contributed by atoms with Crippen molar-refractivity contribution in [3.8, 4) is 0 Å². The van der Waals surface area contributed by atoms with Crippen LogP contribution in [0, 0.1) is 0 Å². The van der Waals surface area contributed by atoms with Crippen LogP contribution in [0.15, 0.2) is 48.8 Å². The molecule has 0 spiro atoms. The van der Waals surface area contributed by atoms with Gasteiger partial charge in [-0.3, -0.25) is 9.78 Å². The fourth-order valence-electron chi connectivity index (χ4n) is 5.39. The lowest BCUT2D eigenvalue weighted by Gasteiger charge is -2.32. The molecule has 3 atom stereocenters. The fourth-order valence-corrected chi connectivity index (χ4v) is 5.39. The maximum absolute atomic E-state index is 13.3. The van der Waals surface area contributed by atoms with Crippen molar-refractivity contribution in [2.45, 2.75) is 115 Å². The van der Waals surface area contributed by atoms with Crippen LogP contribution in [-0.2, 0) is 19.7 Å². The number of likely N-dealkylation sites (N-methyl/N-ethyl adjacent to an activating group) is 1. The molecule has 3 unspecified atom stereocenters. The van der Waals surface area contributed by atoms with Gasteiger partial charge < -0.3 is 25.1 Å². The van der Waals surface area contributed by atoms with E-state index in [0.717, 1.165) is 43.3 Å². The molecular weight excluding hydrogens is 500 g/mol. The monoisotopic (exact) mass is 550 g/mol. The number of carbonyl (C=O) groups is 2. The highest BCUT2D eigenvalue weighted by Crippen LogP contribution is 2.30. The van der Waals surface area contributed by atoms with Crippen molar-refractivity contribution in [1.29, 1.82) is 0 Å². The molecular formula is C33H50N4O3. The Balaban J connectivity index is 0.000000307. The normalized spacial score (nSPS) is 20.7. The predicted molar refractivity (Wildman–Crippen MR) is 163 cm³/mol. The van der Waals surface area contributed by atoms with E-state index >= 15 is 0 Å². The highest BCUT2D eigenvalue weighted by molar-refractivity contribution is 5.86. The summed E-state index contributed by atoms with van der Waals surface area (Å²) in [5.74, 6) is 0.0577. The van der Waals surface area contributed by atoms with Gasteiger partial charge in [-0.25, -0.2) is 0 Å². The van der Waals surface area contributed by atoms with Gasteiger partial charge in [0.15, 0.2) is 0 Å². The molecule has 1 aliphatic carbocycles. The number of aldehydes is 1. The Morgan fingerprint density at radius 3 is 2.27 bits per heavy atom. The van der Waals surface area contributed by atoms with Gasteiger partial charge in [-0.15, -0.1) is 0 Å². The first-order chi connectivity index (χ1) is 18.9. The van der Waals surface area contributed by atoms with Gasteiger partial charge in [0, 0.05) is 43.3 Å². The number of anilines is 1. The third-order valence-corrected chi connectivity index (χ3v) is 7.54. The second-order valence-electron chi connectivity index (χ2n) is 13.2. The molecule has 0 radical (unpaired) electrons. The summed E-state index contributed by atoms with van der Waals surface area (Å²) in [6.45, 7) is 13.5. The second-order valence-corrected chi connectivity index (χ2v) is 13.2. The van der Waals surface area contributed by atoms with E-state index in [1.54, 1.807) is 12.4 Å². The van der Waals surface area contributed by atoms with Crippen molar-refractivity contribution < 1.29 is 14.3 Å². The Bertz CT molecular complexity index is 1050. The van der Waals surface area contributed by atoms with E-state index in [4.69, 9.17) is 4.74 Å². The lowest BCUT2D eigenvalue weighted by Crippen LogP contribution is -2.44. The standard InChI is InChI=1S/C24H33N3O.C9H17NO2/c1-24(2,3)19-12-14-21(15-13-19)27(4)22(18-9-8-16-25-17-18)23(28)26-20-10-6-5-7-11-20;1-9(2,3)12-8-4-7(6-11)10-5-8/h8-9,12-17,20,22H,5-7,10-11H2,1-4H3,(H,26,28);6-8,10H,4-5H2,1-3H3. The smallest absolute Gasteiger partial charge is 0.247 e. The average Bonchev–Trinajstić information content (AvgIpc) is 3.36. The molecule has 1 amide bonds. The summed E-state index contributed by atoms with van der Waals surface area (Å²) in [6, 6.07) is 12.3. The zero-order chi connectivity index (χ0) is 29.3. The molecule has 1 saturated heterocycles. The van der Waals surface area contributed by atoms with Crippen LogP contribution >= 0.6 is 0 Å². The number of hydrogen-bond donors (Lipinski definition) is 2. The summed E-state index contributed by atoms with van der Waals surface area (Å²) >= 11 is 0. The van der Waals surface area contributed by atoms with Crippen LogP contribution in [0.2, 0.25) is 0 Å². The van der Waals surface area contributed by atoms with Gasteiger partial charge in [0.1, 0.15) is 12.3 Å². The quantitative estimate of drug-likeness (QED) is 0.428. The van der Waals surface area contributed by atoms with E-state index in [-0.39, 0.29) is 35.1 Å². The number of nitrogens with zero attached hydrogens (tertiary/aromatic N) is 2. The van der Waals surface area contributed by atoms with Gasteiger partial charge in [0.25, 0.3) is 0 Å². The van der Waals surface area contributed by atoms with E-state index in [1.165, 1.54) is 24.8 Å². The third-order valence-electron chi connectivity index (χ3n) is 7.54. The molecule has 0 bridgehead atoms. The summed E-state index contributed by atoms with van der Waals surface area (Å²) in [6.07, 6.45) is 11.3. The molecule has 40 heavy (non-hydrogen) atoms. The molecule has 2 heterocycles. The number of hydrogen-bond acceptors (Lipinski definition) is 6. The largest absolute Gasteiger partial charge is 0.371 e. The summed E-state index contributed by atoms with van der Waals surface area (Å²) in [4.78, 5) is 30.0. The number of rotatable bonds is 7. The second kappa shape index (κ2) is 14.2. The number of ether oxygens (including phenoxy) is 1. The Labute approximate surface area is 241 Å². The van der Waals surface area contributed by atoms with E-state index in [9.17, 15) is 9.59 Å². The molecule has 1 aromatic carbocycles. The number of benzene rings is 1. The van der Waals surface area contributed by atoms with Crippen LogP contribution in [0.5, 0.6) is 0 Å². The van der Waals surface area contributed by atoms with E-state index in [2.05, 4.69) is 65.6 Å². The molecule has 2 aromatic rings. The van der Waals surface area contributed by atoms with E-state index in [1.807, 2.05) is 40.0 Å². The van der Waals surface area contributed by atoms with Gasteiger partial charge in [0.05, 0.1) is 17.7 Å². The van der Waals surface area contributed by atoms with Crippen molar-refractivity contribution in [2.75, 3.05) is 18.5 Å². The third kappa shape index (κ3) is 9.70. The highest BCUT2D eigenvalue weighted by atomic mass is 16.5. The molecule has 2 aliphatic rings. The number of amides is 1. The molecule has 1 aromatic heterocycles. The first-order valence-corrected chi connectivity index (χ1v) is 14.8. The molecule has 220 valence electrons. The molecule has 7 nitrogen and oxygen atoms in total. The fraction of sp³-hybridized carbons (Fsp3) is 0.606. The number of nitrogens with one attached hydrogen (secondary N) is 2. The zero-order valence-corrected chi connectivity index (χ0v) is 25.6. The molecule has 4 rings (SSSR count). The number of carbonyl (C=O) groups excluding carboxylic acids is 2. The summed E-state index contributed by atoms with van der Waals surface area (Å²) in [5.41, 5.74) is 3.23. The first-order valence-electron chi connectivity index (χ1n) is 14.8. The number of pyridine rings is 1. The Kier molecular flexibility index (Phi) is 11.3. The Hall–Kier alpha value is -2.77. The highest BCUT2D eigenvalue weighted by Gasteiger charge is 2.29. The first kappa shape index (κ1) is 31.8. The molecule has 2 fully saturated rings. The maximum atomic E-state index is 13.3. The van der Waals surface area contributed by atoms with Gasteiger partial charge in [0.2, 0.25) is 5.91 Å². The zero-order valence-electron chi connectivity index (χ0n) is 25.6. The van der Waals surface area contributed by atoms with E-state index in [0.29, 0.717) is 0 Å². The van der Waals surface area contributed by atoms with Gasteiger partial charge in [-0.2, -0.15) is 0 Å². The molecule has 1 aliphatic heterocycles. The van der Waals surface area contributed by atoms with Crippen molar-refractivity contribution in [2.24, 2.45) is 0 Å². The molecule has 1 saturated carbocycles. The Morgan fingerprint density at radius 1 is 1.07 bits per heavy atom. The predicted octanol–water partition coefficient (Wildman–Crippen LogP) is 5.74. The van der Waals surface area contributed by atoms with Crippen LogP contribution in [0.4, 0.5) is 5.69 Å².